The molecule has 2 N–H and O–H groups in total. The maximum atomic E-state index is 6.18. The van der Waals surface area contributed by atoms with Crippen molar-refractivity contribution in [1.82, 2.24) is 4.98 Å². The number of hydrogen-bond acceptors (Lipinski definition) is 3. The van der Waals surface area contributed by atoms with Crippen LogP contribution in [0.15, 0.2) is 41.9 Å². The minimum Gasteiger partial charge on any atom is -0.399 e. The third-order valence-electron chi connectivity index (χ3n) is 2.64. The van der Waals surface area contributed by atoms with Crippen LogP contribution >= 0.6 is 11.6 Å². The fourth-order valence-corrected chi connectivity index (χ4v) is 1.95. The zero-order valence-corrected chi connectivity index (χ0v) is 11.4. The molecule has 0 amide bonds. The van der Waals surface area contributed by atoms with Crippen LogP contribution in [0.25, 0.3) is 17.3 Å². The van der Waals surface area contributed by atoms with Gasteiger partial charge in [-0.3, -0.25) is 0 Å². The molecule has 0 radical (unpaired) electrons. The zero-order chi connectivity index (χ0) is 13.8. The summed E-state index contributed by atoms with van der Waals surface area (Å²) in [5.41, 5.74) is 8.85. The van der Waals surface area contributed by atoms with Crippen LogP contribution in [0.1, 0.15) is 12.5 Å². The van der Waals surface area contributed by atoms with Crippen LogP contribution < -0.4 is 5.73 Å². The highest BCUT2D eigenvalue weighted by atomic mass is 35.5. The lowest BCUT2D eigenvalue weighted by Gasteiger charge is -2.07. The number of aromatic nitrogens is 1. The van der Waals surface area contributed by atoms with Gasteiger partial charge >= 0.3 is 0 Å². The fourth-order valence-electron chi connectivity index (χ4n) is 1.73. The van der Waals surface area contributed by atoms with Crippen LogP contribution in [-0.4, -0.2) is 11.2 Å². The lowest BCUT2D eigenvalue weighted by Crippen LogP contribution is -1.90. The number of nitrogen functional groups attached to an aromatic ring is 1. The van der Waals surface area contributed by atoms with Gasteiger partial charge in [0.05, 0.1) is 10.7 Å². The molecule has 19 heavy (non-hydrogen) atoms. The summed E-state index contributed by atoms with van der Waals surface area (Å²) in [6.45, 7) is 5.59. The SMILES string of the molecule is C=Cc1ccc(-c2cc(N)ccc2Cl)nc1N=CC. The summed E-state index contributed by atoms with van der Waals surface area (Å²) in [5, 5.41) is 0.611. The molecule has 1 aromatic heterocycles. The van der Waals surface area contributed by atoms with E-state index in [9.17, 15) is 0 Å². The topological polar surface area (TPSA) is 51.3 Å². The summed E-state index contributed by atoms with van der Waals surface area (Å²) in [4.78, 5) is 8.73. The summed E-state index contributed by atoms with van der Waals surface area (Å²) in [6, 6.07) is 9.12. The number of nitrogens with zero attached hydrogens (tertiary/aromatic N) is 2. The van der Waals surface area contributed by atoms with Gasteiger partial charge in [0.15, 0.2) is 5.82 Å². The second kappa shape index (κ2) is 5.67. The summed E-state index contributed by atoms with van der Waals surface area (Å²) in [6.07, 6.45) is 3.42. The quantitative estimate of drug-likeness (QED) is 0.666. The van der Waals surface area contributed by atoms with Gasteiger partial charge in [0.2, 0.25) is 0 Å². The van der Waals surface area contributed by atoms with Gasteiger partial charge in [-0.15, -0.1) is 0 Å². The van der Waals surface area contributed by atoms with Crippen molar-refractivity contribution in [2.45, 2.75) is 6.92 Å². The normalized spacial score (nSPS) is 10.8. The van der Waals surface area contributed by atoms with E-state index in [-0.39, 0.29) is 0 Å². The number of pyridine rings is 1. The van der Waals surface area contributed by atoms with Crippen molar-refractivity contribution >= 4 is 35.4 Å². The molecular formula is C15H14ClN3. The number of nitrogens with two attached hydrogens (primary N) is 1. The molecule has 0 unspecified atom stereocenters. The van der Waals surface area contributed by atoms with E-state index in [2.05, 4.69) is 16.6 Å². The van der Waals surface area contributed by atoms with E-state index in [1.165, 1.54) is 0 Å². The van der Waals surface area contributed by atoms with E-state index in [0.717, 1.165) is 16.8 Å². The maximum absolute atomic E-state index is 6.18. The number of anilines is 1. The molecule has 2 aromatic rings. The average Bonchev–Trinajstić information content (AvgIpc) is 2.42. The molecule has 1 heterocycles. The van der Waals surface area contributed by atoms with Crippen LogP contribution in [-0.2, 0) is 0 Å². The number of hydrogen-bond donors (Lipinski definition) is 1. The highest BCUT2D eigenvalue weighted by molar-refractivity contribution is 6.33. The van der Waals surface area contributed by atoms with Crippen molar-refractivity contribution in [3.05, 3.63) is 47.5 Å². The first kappa shape index (κ1) is 13.3. The second-order valence-corrected chi connectivity index (χ2v) is 4.35. The van der Waals surface area contributed by atoms with Gasteiger partial charge in [0.1, 0.15) is 0 Å². The largest absolute Gasteiger partial charge is 0.399 e. The standard InChI is InChI=1S/C15H14ClN3/c1-3-10-5-8-14(19-15(10)18-4-2)12-9-11(17)6-7-13(12)16/h3-9H,1,17H2,2H3. The monoisotopic (exact) mass is 271 g/mol. The smallest absolute Gasteiger partial charge is 0.159 e. The van der Waals surface area contributed by atoms with Gasteiger partial charge in [-0.1, -0.05) is 24.3 Å². The van der Waals surface area contributed by atoms with E-state index in [1.807, 2.05) is 19.1 Å². The molecule has 96 valence electrons. The number of halogens is 1. The van der Waals surface area contributed by atoms with Crippen LogP contribution in [0.2, 0.25) is 5.02 Å². The van der Waals surface area contributed by atoms with Crippen molar-refractivity contribution in [3.63, 3.8) is 0 Å². The molecule has 0 aliphatic heterocycles. The van der Waals surface area contributed by atoms with Crippen molar-refractivity contribution in [2.24, 2.45) is 4.99 Å². The van der Waals surface area contributed by atoms with E-state index < -0.39 is 0 Å². The number of benzene rings is 1. The molecule has 0 saturated heterocycles. The Morgan fingerprint density at radius 1 is 1.32 bits per heavy atom. The molecular weight excluding hydrogens is 258 g/mol. The van der Waals surface area contributed by atoms with Crippen LogP contribution in [0.4, 0.5) is 11.5 Å². The Morgan fingerprint density at radius 2 is 2.11 bits per heavy atom. The molecule has 0 bridgehead atoms. The lowest BCUT2D eigenvalue weighted by atomic mass is 10.1. The molecule has 0 atom stereocenters. The van der Waals surface area contributed by atoms with Crippen molar-refractivity contribution in [1.29, 1.82) is 0 Å². The predicted molar refractivity (Wildman–Crippen MR) is 83.0 cm³/mol. The minimum absolute atomic E-state index is 0.611. The molecule has 0 spiro atoms. The highest BCUT2D eigenvalue weighted by Crippen LogP contribution is 2.31. The summed E-state index contributed by atoms with van der Waals surface area (Å²) < 4.78 is 0. The first-order valence-corrected chi connectivity index (χ1v) is 6.21. The van der Waals surface area contributed by atoms with Gasteiger partial charge in [-0.25, -0.2) is 9.98 Å². The third-order valence-corrected chi connectivity index (χ3v) is 2.97. The lowest BCUT2D eigenvalue weighted by molar-refractivity contribution is 1.27. The van der Waals surface area contributed by atoms with Crippen LogP contribution in [0.3, 0.4) is 0 Å². The van der Waals surface area contributed by atoms with E-state index >= 15 is 0 Å². The first-order valence-electron chi connectivity index (χ1n) is 5.83. The summed E-state index contributed by atoms with van der Waals surface area (Å²) in [5.74, 6) is 0.619. The average molecular weight is 272 g/mol. The Hall–Kier alpha value is -2.13. The van der Waals surface area contributed by atoms with Crippen molar-refractivity contribution < 1.29 is 0 Å². The van der Waals surface area contributed by atoms with Crippen molar-refractivity contribution in [2.75, 3.05) is 5.73 Å². The van der Waals surface area contributed by atoms with E-state index in [1.54, 1.807) is 30.5 Å². The fraction of sp³-hybridized carbons (Fsp3) is 0.0667. The van der Waals surface area contributed by atoms with Crippen LogP contribution in [0.5, 0.6) is 0 Å². The summed E-state index contributed by atoms with van der Waals surface area (Å²) >= 11 is 6.18. The van der Waals surface area contributed by atoms with Gasteiger partial charge < -0.3 is 5.73 Å². The Morgan fingerprint density at radius 3 is 2.79 bits per heavy atom. The van der Waals surface area contributed by atoms with E-state index in [4.69, 9.17) is 17.3 Å². The molecule has 3 nitrogen and oxygen atoms in total. The molecule has 0 aliphatic carbocycles. The molecule has 2 rings (SSSR count). The molecule has 0 aliphatic rings. The summed E-state index contributed by atoms with van der Waals surface area (Å²) in [7, 11) is 0. The van der Waals surface area contributed by atoms with Crippen molar-refractivity contribution in [3.8, 4) is 11.3 Å². The molecule has 4 heteroatoms. The number of aliphatic imine (C=N–C) groups is 1. The van der Waals surface area contributed by atoms with Gasteiger partial charge in [-0.05, 0) is 37.3 Å². The second-order valence-electron chi connectivity index (χ2n) is 3.94. The molecule has 0 fully saturated rings. The third kappa shape index (κ3) is 2.83. The Bertz CT molecular complexity index is 648. The maximum Gasteiger partial charge on any atom is 0.159 e. The first-order chi connectivity index (χ1) is 9.15. The highest BCUT2D eigenvalue weighted by Gasteiger charge is 2.08. The zero-order valence-electron chi connectivity index (χ0n) is 10.6. The predicted octanol–water partition coefficient (Wildman–Crippen LogP) is 4.35. The van der Waals surface area contributed by atoms with Gasteiger partial charge in [0, 0.05) is 23.0 Å². The molecule has 0 saturated carbocycles. The Balaban J connectivity index is 2.60. The van der Waals surface area contributed by atoms with Gasteiger partial charge in [0.25, 0.3) is 0 Å². The Labute approximate surface area is 117 Å². The number of rotatable bonds is 3. The Kier molecular flexibility index (Phi) is 3.97. The van der Waals surface area contributed by atoms with Crippen LogP contribution in [0, 0.1) is 0 Å². The minimum atomic E-state index is 0.611. The van der Waals surface area contributed by atoms with E-state index in [0.29, 0.717) is 16.5 Å². The van der Waals surface area contributed by atoms with Gasteiger partial charge in [-0.2, -0.15) is 0 Å². The molecule has 1 aromatic carbocycles.